The van der Waals surface area contributed by atoms with E-state index in [1.54, 1.807) is 0 Å². The lowest BCUT2D eigenvalue weighted by atomic mass is 10.0. The second-order valence-electron chi connectivity index (χ2n) is 13.9. The van der Waals surface area contributed by atoms with Crippen LogP contribution >= 0.6 is 0 Å². The third kappa shape index (κ3) is 5.00. The van der Waals surface area contributed by atoms with Crippen LogP contribution in [0.25, 0.3) is 88.9 Å². The zero-order chi connectivity index (χ0) is 36.3. The molecule has 0 saturated heterocycles. The third-order valence-electron chi connectivity index (χ3n) is 10.5. The first-order valence-electron chi connectivity index (χ1n) is 18.1. The molecule has 0 spiro atoms. The van der Waals surface area contributed by atoms with E-state index in [9.17, 15) is 5.26 Å². The smallest absolute Gasteiger partial charge is 0.160 e. The van der Waals surface area contributed by atoms with Crippen molar-refractivity contribution in [3.8, 4) is 51.3 Å². The van der Waals surface area contributed by atoms with E-state index in [1.807, 2.05) is 36.4 Å². The summed E-state index contributed by atoms with van der Waals surface area (Å²) in [6.07, 6.45) is 0. The lowest BCUT2D eigenvalue weighted by molar-refractivity contribution is 1.11. The average molecular weight is 692 g/mol. The molecule has 0 amide bonds. The maximum absolute atomic E-state index is 11.3. The quantitative estimate of drug-likeness (QED) is 0.180. The van der Waals surface area contributed by atoms with Crippen LogP contribution in [0.3, 0.4) is 0 Å². The van der Waals surface area contributed by atoms with E-state index in [0.29, 0.717) is 11.4 Å². The Morgan fingerprint density at radius 3 is 1.31 bits per heavy atom. The maximum Gasteiger partial charge on any atom is 0.160 e. The molecule has 3 aromatic heterocycles. The lowest BCUT2D eigenvalue weighted by Gasteiger charge is -2.18. The van der Waals surface area contributed by atoms with Gasteiger partial charge in [-0.1, -0.05) is 120 Å². The summed E-state index contributed by atoms with van der Waals surface area (Å²) in [7, 11) is 0. The van der Waals surface area contributed by atoms with Crippen LogP contribution in [0.1, 0.15) is 16.7 Å². The first-order valence-corrected chi connectivity index (χ1v) is 18.1. The zero-order valence-electron chi connectivity index (χ0n) is 29.8. The number of fused-ring (bicyclic) bond motifs is 6. The molecule has 0 aliphatic heterocycles. The van der Waals surface area contributed by atoms with Crippen LogP contribution in [-0.4, -0.2) is 19.1 Å². The topological polar surface area (TPSA) is 59.4 Å². The van der Waals surface area contributed by atoms with Crippen LogP contribution < -0.4 is 0 Å². The highest BCUT2D eigenvalue weighted by Gasteiger charge is 2.23. The molecule has 0 aliphatic rings. The predicted octanol–water partition coefficient (Wildman–Crippen LogP) is 12.2. The fourth-order valence-electron chi connectivity index (χ4n) is 7.99. The van der Waals surface area contributed by atoms with Gasteiger partial charge in [0.05, 0.1) is 44.8 Å². The highest BCUT2D eigenvalue weighted by molar-refractivity contribution is 6.11. The Labute approximate surface area is 312 Å². The number of nitriles is 1. The molecule has 54 heavy (non-hydrogen) atoms. The molecule has 5 nitrogen and oxygen atoms in total. The molecule has 0 saturated carbocycles. The summed E-state index contributed by atoms with van der Waals surface area (Å²) in [5, 5.41) is 15.9. The van der Waals surface area contributed by atoms with Crippen molar-refractivity contribution in [3.05, 3.63) is 180 Å². The number of hydrogen-bond acceptors (Lipinski definition) is 3. The highest BCUT2D eigenvalue weighted by atomic mass is 15.0. The van der Waals surface area contributed by atoms with E-state index < -0.39 is 0 Å². The molecule has 0 bridgehead atoms. The normalized spacial score (nSPS) is 11.5. The van der Waals surface area contributed by atoms with E-state index in [1.165, 1.54) is 11.1 Å². The van der Waals surface area contributed by atoms with Crippen LogP contribution in [0.4, 0.5) is 0 Å². The van der Waals surface area contributed by atoms with Crippen molar-refractivity contribution < 1.29 is 0 Å². The van der Waals surface area contributed by atoms with Gasteiger partial charge in [0.1, 0.15) is 11.6 Å². The van der Waals surface area contributed by atoms with Crippen LogP contribution in [-0.2, 0) is 0 Å². The van der Waals surface area contributed by atoms with Gasteiger partial charge in [0, 0.05) is 38.2 Å². The van der Waals surface area contributed by atoms with E-state index in [-0.39, 0.29) is 0 Å². The largest absolute Gasteiger partial charge is 0.308 e. The Morgan fingerprint density at radius 1 is 0.426 bits per heavy atom. The van der Waals surface area contributed by atoms with E-state index in [2.05, 4.69) is 156 Å². The summed E-state index contributed by atoms with van der Waals surface area (Å²) in [5.41, 5.74) is 13.1. The summed E-state index contributed by atoms with van der Waals surface area (Å²) in [4.78, 5) is 10.5. The van der Waals surface area contributed by atoms with Gasteiger partial charge in [0.15, 0.2) is 5.82 Å². The Bertz CT molecular complexity index is 2930. The molecular weight excluding hydrogens is 659 g/mol. The molecule has 0 atom stereocenters. The molecule has 0 unspecified atom stereocenters. The van der Waals surface area contributed by atoms with Gasteiger partial charge < -0.3 is 9.13 Å². The van der Waals surface area contributed by atoms with Crippen molar-refractivity contribution in [1.82, 2.24) is 19.1 Å². The monoisotopic (exact) mass is 691 g/mol. The molecular formula is C49H33N5. The molecule has 7 aromatic carbocycles. The van der Waals surface area contributed by atoms with Gasteiger partial charge in [-0.25, -0.2) is 9.97 Å². The minimum Gasteiger partial charge on any atom is -0.308 e. The number of aryl methyl sites for hydroxylation is 2. The predicted molar refractivity (Wildman–Crippen MR) is 221 cm³/mol. The van der Waals surface area contributed by atoms with Gasteiger partial charge in [0.2, 0.25) is 0 Å². The molecule has 0 radical (unpaired) electrons. The zero-order valence-corrected chi connectivity index (χ0v) is 29.8. The molecule has 3 heterocycles. The summed E-state index contributed by atoms with van der Waals surface area (Å²) < 4.78 is 4.49. The lowest BCUT2D eigenvalue weighted by Crippen LogP contribution is -2.06. The van der Waals surface area contributed by atoms with Gasteiger partial charge in [-0.15, -0.1) is 0 Å². The fraction of sp³-hybridized carbons (Fsp3) is 0.0408. The van der Waals surface area contributed by atoms with Crippen molar-refractivity contribution in [2.45, 2.75) is 13.8 Å². The van der Waals surface area contributed by atoms with E-state index in [0.717, 1.165) is 83.1 Å². The Hall–Kier alpha value is -7.29. The number of rotatable bonds is 5. The maximum atomic E-state index is 11.3. The summed E-state index contributed by atoms with van der Waals surface area (Å²) in [6.45, 7) is 4.24. The number of nitrogens with zero attached hydrogens (tertiary/aromatic N) is 5. The molecule has 254 valence electrons. The van der Waals surface area contributed by atoms with Crippen LogP contribution in [0, 0.1) is 25.2 Å². The molecule has 5 heteroatoms. The van der Waals surface area contributed by atoms with Crippen molar-refractivity contribution in [2.24, 2.45) is 0 Å². The summed E-state index contributed by atoms with van der Waals surface area (Å²) in [5.74, 6) is 0.579. The van der Waals surface area contributed by atoms with Crippen molar-refractivity contribution >= 4 is 43.6 Å². The molecule has 0 aliphatic carbocycles. The average Bonchev–Trinajstić information content (AvgIpc) is 3.72. The Balaban J connectivity index is 1.36. The van der Waals surface area contributed by atoms with Crippen LogP contribution in [0.2, 0.25) is 0 Å². The second kappa shape index (κ2) is 12.4. The van der Waals surface area contributed by atoms with Crippen LogP contribution in [0.5, 0.6) is 0 Å². The number of benzene rings is 7. The van der Waals surface area contributed by atoms with E-state index in [4.69, 9.17) is 9.97 Å². The van der Waals surface area contributed by atoms with Crippen molar-refractivity contribution in [1.29, 1.82) is 5.26 Å². The summed E-state index contributed by atoms with van der Waals surface area (Å²) >= 11 is 0. The first kappa shape index (κ1) is 31.4. The van der Waals surface area contributed by atoms with Gasteiger partial charge >= 0.3 is 0 Å². The van der Waals surface area contributed by atoms with Crippen molar-refractivity contribution in [3.63, 3.8) is 0 Å². The number of hydrogen-bond donors (Lipinski definition) is 0. The van der Waals surface area contributed by atoms with Gasteiger partial charge in [-0.3, -0.25) is 0 Å². The molecule has 10 rings (SSSR count). The number of para-hydroxylation sites is 2. The molecule has 10 aromatic rings. The SMILES string of the molecule is Cc1ccc2c(c1)c1ccccc1n2-c1cc(-c2nc(-c3ccccc3)cc(-c3ccccc3)n2)cc(-n2c3ccccc3c3cc(C)ccc32)c1C#N. The standard InChI is InChI=1S/C49H33N5/c1-31-21-23-45-38(25-31)36-17-9-11-19-43(36)53(45)47-27-35(49-51-41(33-13-5-3-6-14-33)29-42(52-49)34-15-7-4-8-16-34)28-48(40(47)30-50)54-44-20-12-10-18-37(44)39-26-32(2)22-24-46(39)54/h3-29H,1-2H3. The third-order valence-corrected chi connectivity index (χ3v) is 10.5. The summed E-state index contributed by atoms with van der Waals surface area (Å²) in [6, 6.07) is 59.4. The van der Waals surface area contributed by atoms with Crippen LogP contribution in [0.15, 0.2) is 164 Å². The minimum absolute atomic E-state index is 0.563. The van der Waals surface area contributed by atoms with Gasteiger partial charge in [0.25, 0.3) is 0 Å². The van der Waals surface area contributed by atoms with Gasteiger partial charge in [-0.2, -0.15) is 5.26 Å². The highest BCUT2D eigenvalue weighted by Crippen LogP contribution is 2.40. The fourth-order valence-corrected chi connectivity index (χ4v) is 7.99. The Kier molecular flexibility index (Phi) is 7.24. The molecule has 0 fully saturated rings. The second-order valence-corrected chi connectivity index (χ2v) is 13.9. The Morgan fingerprint density at radius 2 is 0.852 bits per heavy atom. The first-order chi connectivity index (χ1) is 26.6. The number of aromatic nitrogens is 4. The minimum atomic E-state index is 0.563. The van der Waals surface area contributed by atoms with Crippen molar-refractivity contribution in [2.75, 3.05) is 0 Å². The molecule has 0 N–H and O–H groups in total. The van der Waals surface area contributed by atoms with E-state index >= 15 is 0 Å². The van der Waals surface area contributed by atoms with Gasteiger partial charge in [-0.05, 0) is 68.4 Å².